The van der Waals surface area contributed by atoms with E-state index in [1.54, 1.807) is 6.07 Å². The number of rotatable bonds is 2. The Labute approximate surface area is 102 Å². The fraction of sp³-hybridized carbons (Fsp3) is 0.500. The number of esters is 1. The molecule has 0 saturated heterocycles. The SMILES string of the molecule is CCOC(=O)c1ccc2c(c1)CCC(C)CO2. The lowest BCUT2D eigenvalue weighted by molar-refractivity contribution is 0.0526. The van der Waals surface area contributed by atoms with Crippen molar-refractivity contribution in [2.45, 2.75) is 26.7 Å². The number of benzene rings is 1. The first kappa shape index (κ1) is 12.0. The van der Waals surface area contributed by atoms with E-state index in [0.717, 1.165) is 30.8 Å². The van der Waals surface area contributed by atoms with Gasteiger partial charge in [0, 0.05) is 0 Å². The maximum absolute atomic E-state index is 11.6. The molecule has 1 unspecified atom stereocenters. The average Bonchev–Trinajstić information content (AvgIpc) is 2.52. The normalized spacial score (nSPS) is 18.8. The molecule has 0 aromatic heterocycles. The lowest BCUT2D eigenvalue weighted by Crippen LogP contribution is -2.06. The molecule has 1 aliphatic heterocycles. The van der Waals surface area contributed by atoms with Gasteiger partial charge in [-0.2, -0.15) is 0 Å². The van der Waals surface area contributed by atoms with Crippen LogP contribution in [0.25, 0.3) is 0 Å². The van der Waals surface area contributed by atoms with Crippen LogP contribution in [0.5, 0.6) is 5.75 Å². The predicted molar refractivity (Wildman–Crippen MR) is 65.4 cm³/mol. The first-order valence-electron chi connectivity index (χ1n) is 6.13. The van der Waals surface area contributed by atoms with Crippen LogP contribution in [-0.2, 0) is 11.2 Å². The fourth-order valence-corrected chi connectivity index (χ4v) is 1.97. The van der Waals surface area contributed by atoms with Crippen molar-refractivity contribution < 1.29 is 14.3 Å². The zero-order chi connectivity index (χ0) is 12.3. The molecule has 0 spiro atoms. The van der Waals surface area contributed by atoms with Crippen LogP contribution in [0.1, 0.15) is 36.2 Å². The Morgan fingerprint density at radius 1 is 1.53 bits per heavy atom. The Balaban J connectivity index is 2.22. The highest BCUT2D eigenvalue weighted by Crippen LogP contribution is 2.27. The van der Waals surface area contributed by atoms with Gasteiger partial charge in [-0.25, -0.2) is 4.79 Å². The number of aryl methyl sites for hydroxylation is 1. The second-order valence-electron chi connectivity index (χ2n) is 4.50. The summed E-state index contributed by atoms with van der Waals surface area (Å²) in [7, 11) is 0. The number of hydrogen-bond acceptors (Lipinski definition) is 3. The highest BCUT2D eigenvalue weighted by atomic mass is 16.5. The van der Waals surface area contributed by atoms with Crippen LogP contribution in [0.3, 0.4) is 0 Å². The number of ether oxygens (including phenoxy) is 2. The van der Waals surface area contributed by atoms with E-state index in [1.807, 2.05) is 19.1 Å². The summed E-state index contributed by atoms with van der Waals surface area (Å²) in [6.45, 7) is 5.15. The zero-order valence-corrected chi connectivity index (χ0v) is 10.4. The Hall–Kier alpha value is -1.51. The Morgan fingerprint density at radius 3 is 3.12 bits per heavy atom. The number of hydrogen-bond donors (Lipinski definition) is 0. The molecule has 2 rings (SSSR count). The van der Waals surface area contributed by atoms with Gasteiger partial charge in [-0.15, -0.1) is 0 Å². The third kappa shape index (κ3) is 2.78. The topological polar surface area (TPSA) is 35.5 Å². The van der Waals surface area contributed by atoms with Crippen molar-refractivity contribution >= 4 is 5.97 Å². The Kier molecular flexibility index (Phi) is 3.67. The van der Waals surface area contributed by atoms with Crippen molar-refractivity contribution in [2.24, 2.45) is 5.92 Å². The van der Waals surface area contributed by atoms with Crippen molar-refractivity contribution in [2.75, 3.05) is 13.2 Å². The van der Waals surface area contributed by atoms with E-state index in [1.165, 1.54) is 0 Å². The molecule has 3 heteroatoms. The first-order chi connectivity index (χ1) is 8.20. The molecule has 1 aromatic carbocycles. The second kappa shape index (κ2) is 5.21. The van der Waals surface area contributed by atoms with Gasteiger partial charge in [0.15, 0.2) is 0 Å². The van der Waals surface area contributed by atoms with Gasteiger partial charge in [0.2, 0.25) is 0 Å². The van der Waals surface area contributed by atoms with Crippen LogP contribution in [0.2, 0.25) is 0 Å². The molecule has 1 aromatic rings. The molecule has 17 heavy (non-hydrogen) atoms. The summed E-state index contributed by atoms with van der Waals surface area (Å²) >= 11 is 0. The van der Waals surface area contributed by atoms with E-state index < -0.39 is 0 Å². The molecule has 0 fully saturated rings. The van der Waals surface area contributed by atoms with E-state index in [9.17, 15) is 4.79 Å². The van der Waals surface area contributed by atoms with Gasteiger partial charge in [-0.3, -0.25) is 0 Å². The van der Waals surface area contributed by atoms with Crippen LogP contribution in [0.4, 0.5) is 0 Å². The summed E-state index contributed by atoms with van der Waals surface area (Å²) in [6, 6.07) is 5.54. The summed E-state index contributed by atoms with van der Waals surface area (Å²) in [4.78, 5) is 11.6. The number of carbonyl (C=O) groups is 1. The highest BCUT2D eigenvalue weighted by molar-refractivity contribution is 5.89. The second-order valence-corrected chi connectivity index (χ2v) is 4.50. The number of fused-ring (bicyclic) bond motifs is 1. The summed E-state index contributed by atoms with van der Waals surface area (Å²) in [5.74, 6) is 1.21. The standard InChI is InChI=1S/C14H18O3/c1-3-16-14(15)12-6-7-13-11(8-12)5-4-10(2)9-17-13/h6-8,10H,3-5,9H2,1-2H3. The molecule has 0 N–H and O–H groups in total. The van der Waals surface area contributed by atoms with E-state index in [2.05, 4.69) is 6.92 Å². The van der Waals surface area contributed by atoms with Crippen LogP contribution < -0.4 is 4.74 Å². The zero-order valence-electron chi connectivity index (χ0n) is 10.4. The van der Waals surface area contributed by atoms with Gasteiger partial charge in [0.05, 0.1) is 18.8 Å². The molecular formula is C14H18O3. The molecular weight excluding hydrogens is 216 g/mol. The Morgan fingerprint density at radius 2 is 2.35 bits per heavy atom. The maximum Gasteiger partial charge on any atom is 0.338 e. The van der Waals surface area contributed by atoms with Gasteiger partial charge < -0.3 is 9.47 Å². The van der Waals surface area contributed by atoms with Crippen LogP contribution >= 0.6 is 0 Å². The molecule has 1 aliphatic rings. The summed E-state index contributed by atoms with van der Waals surface area (Å²) in [5.41, 5.74) is 1.73. The monoisotopic (exact) mass is 234 g/mol. The quantitative estimate of drug-likeness (QED) is 0.738. The lowest BCUT2D eigenvalue weighted by Gasteiger charge is -2.09. The smallest absolute Gasteiger partial charge is 0.338 e. The third-order valence-electron chi connectivity index (χ3n) is 3.00. The summed E-state index contributed by atoms with van der Waals surface area (Å²) in [6.07, 6.45) is 2.06. The van der Waals surface area contributed by atoms with Crippen molar-refractivity contribution in [3.8, 4) is 5.75 Å². The molecule has 0 amide bonds. The average molecular weight is 234 g/mol. The maximum atomic E-state index is 11.6. The minimum atomic E-state index is -0.257. The van der Waals surface area contributed by atoms with E-state index in [-0.39, 0.29) is 5.97 Å². The van der Waals surface area contributed by atoms with E-state index in [0.29, 0.717) is 18.1 Å². The molecule has 1 atom stereocenters. The molecule has 92 valence electrons. The lowest BCUT2D eigenvalue weighted by atomic mass is 10.0. The number of carbonyl (C=O) groups excluding carboxylic acids is 1. The molecule has 0 radical (unpaired) electrons. The van der Waals surface area contributed by atoms with E-state index in [4.69, 9.17) is 9.47 Å². The largest absolute Gasteiger partial charge is 0.493 e. The van der Waals surface area contributed by atoms with Crippen LogP contribution in [-0.4, -0.2) is 19.2 Å². The Bertz CT molecular complexity index is 412. The van der Waals surface area contributed by atoms with Gasteiger partial charge in [0.1, 0.15) is 5.75 Å². The summed E-state index contributed by atoms with van der Waals surface area (Å²) in [5, 5.41) is 0. The fourth-order valence-electron chi connectivity index (χ4n) is 1.97. The van der Waals surface area contributed by atoms with Crippen LogP contribution in [0.15, 0.2) is 18.2 Å². The van der Waals surface area contributed by atoms with Gasteiger partial charge >= 0.3 is 5.97 Å². The van der Waals surface area contributed by atoms with Gasteiger partial charge in [0.25, 0.3) is 0 Å². The molecule has 3 nitrogen and oxygen atoms in total. The minimum absolute atomic E-state index is 0.257. The van der Waals surface area contributed by atoms with Crippen molar-refractivity contribution in [1.29, 1.82) is 0 Å². The van der Waals surface area contributed by atoms with Gasteiger partial charge in [-0.05, 0) is 49.4 Å². The van der Waals surface area contributed by atoms with Crippen LogP contribution in [0, 0.1) is 5.92 Å². The third-order valence-corrected chi connectivity index (χ3v) is 3.00. The molecule has 0 bridgehead atoms. The van der Waals surface area contributed by atoms with E-state index >= 15 is 0 Å². The molecule has 1 heterocycles. The first-order valence-corrected chi connectivity index (χ1v) is 6.13. The summed E-state index contributed by atoms with van der Waals surface area (Å²) < 4.78 is 10.7. The predicted octanol–water partition coefficient (Wildman–Crippen LogP) is 2.82. The highest BCUT2D eigenvalue weighted by Gasteiger charge is 2.16. The van der Waals surface area contributed by atoms with Crippen molar-refractivity contribution in [3.63, 3.8) is 0 Å². The molecule has 0 saturated carbocycles. The van der Waals surface area contributed by atoms with Crippen molar-refractivity contribution in [3.05, 3.63) is 29.3 Å². The minimum Gasteiger partial charge on any atom is -0.493 e. The van der Waals surface area contributed by atoms with Gasteiger partial charge in [-0.1, -0.05) is 6.92 Å². The van der Waals surface area contributed by atoms with Crippen molar-refractivity contribution in [1.82, 2.24) is 0 Å². The molecule has 0 aliphatic carbocycles.